The molecule has 2 aromatic carbocycles. The fourth-order valence-corrected chi connectivity index (χ4v) is 3.15. The van der Waals surface area contributed by atoms with Crippen molar-refractivity contribution in [1.82, 2.24) is 21.8 Å². The third-order valence-corrected chi connectivity index (χ3v) is 4.80. The Kier molecular flexibility index (Phi) is 10.00. The number of halogens is 1. The van der Waals surface area contributed by atoms with Crippen molar-refractivity contribution in [2.75, 3.05) is 7.11 Å². The zero-order valence-electron chi connectivity index (χ0n) is 20.9. The van der Waals surface area contributed by atoms with Crippen molar-refractivity contribution in [2.45, 2.75) is 51.8 Å². The minimum atomic E-state index is -1.07. The molecule has 0 fully saturated rings. The molecule has 1 aliphatic rings. The van der Waals surface area contributed by atoms with Crippen LogP contribution in [0.5, 0.6) is 5.75 Å². The van der Waals surface area contributed by atoms with Crippen LogP contribution in [0.15, 0.2) is 47.6 Å². The largest absolute Gasteiger partial charge is 0.496 e. The zero-order valence-corrected chi connectivity index (χ0v) is 20.9. The van der Waals surface area contributed by atoms with Gasteiger partial charge in [-0.1, -0.05) is 24.3 Å². The quantitative estimate of drug-likeness (QED) is 0.292. The van der Waals surface area contributed by atoms with Gasteiger partial charge in [-0.2, -0.15) is 0 Å². The van der Waals surface area contributed by atoms with Gasteiger partial charge >= 0.3 is 11.9 Å². The second-order valence-corrected chi connectivity index (χ2v) is 8.92. The SMILES string of the molecule is COc1ccc(F)cc1-c1ccc(C[C@H](N[C@@H](C)C(=O)OC(C)(C)C)C(=O)O)cc1.NC1=NNNN1. The second-order valence-electron chi connectivity index (χ2n) is 8.92. The number of hydrazone groups is 1. The number of carboxylic acids is 1. The number of nitrogens with two attached hydrogens (primary N) is 1. The molecule has 7 N–H and O–H groups in total. The van der Waals surface area contributed by atoms with Crippen molar-refractivity contribution in [3.8, 4) is 16.9 Å². The summed E-state index contributed by atoms with van der Waals surface area (Å²) in [5.41, 5.74) is 13.8. The van der Waals surface area contributed by atoms with Crippen LogP contribution in [0, 0.1) is 5.82 Å². The molecule has 0 saturated heterocycles. The van der Waals surface area contributed by atoms with Crippen LogP contribution in [0.2, 0.25) is 0 Å². The molecule has 11 nitrogen and oxygen atoms in total. The van der Waals surface area contributed by atoms with Crippen molar-refractivity contribution in [2.24, 2.45) is 10.8 Å². The highest BCUT2D eigenvalue weighted by molar-refractivity contribution is 5.79. The molecule has 36 heavy (non-hydrogen) atoms. The number of hydrogen-bond acceptors (Lipinski definition) is 10. The van der Waals surface area contributed by atoms with Gasteiger partial charge in [0, 0.05) is 5.56 Å². The highest BCUT2D eigenvalue weighted by atomic mass is 19.1. The lowest BCUT2D eigenvalue weighted by Crippen LogP contribution is -2.48. The predicted octanol–water partition coefficient (Wildman–Crippen LogP) is 1.65. The van der Waals surface area contributed by atoms with Crippen LogP contribution in [0.25, 0.3) is 11.1 Å². The number of methoxy groups -OCH3 is 1. The molecular formula is C24H33FN6O5. The van der Waals surface area contributed by atoms with Gasteiger partial charge in [0.25, 0.3) is 0 Å². The molecule has 0 aromatic heterocycles. The van der Waals surface area contributed by atoms with Crippen LogP contribution in [-0.2, 0) is 20.7 Å². The van der Waals surface area contributed by atoms with E-state index in [1.165, 1.54) is 19.2 Å². The van der Waals surface area contributed by atoms with Crippen LogP contribution >= 0.6 is 0 Å². The number of ether oxygens (including phenoxy) is 2. The Bertz CT molecular complexity index is 1070. The lowest BCUT2D eigenvalue weighted by atomic mass is 9.99. The molecule has 0 aliphatic carbocycles. The number of rotatable bonds is 8. The first-order valence-corrected chi connectivity index (χ1v) is 11.1. The van der Waals surface area contributed by atoms with Crippen LogP contribution in [0.1, 0.15) is 33.3 Å². The molecule has 0 radical (unpaired) electrons. The molecule has 0 amide bonds. The lowest BCUT2D eigenvalue weighted by molar-refractivity contribution is -0.157. The predicted molar refractivity (Wildman–Crippen MR) is 133 cm³/mol. The number of hydrazine groups is 2. The van der Waals surface area contributed by atoms with E-state index in [9.17, 15) is 19.1 Å². The maximum Gasteiger partial charge on any atom is 0.323 e. The number of guanidine groups is 1. The lowest BCUT2D eigenvalue weighted by Gasteiger charge is -2.24. The van der Waals surface area contributed by atoms with Crippen molar-refractivity contribution >= 4 is 17.9 Å². The van der Waals surface area contributed by atoms with E-state index < -0.39 is 29.6 Å². The van der Waals surface area contributed by atoms with Crippen molar-refractivity contribution in [3.63, 3.8) is 0 Å². The average Bonchev–Trinajstić information content (AvgIpc) is 3.29. The first kappa shape index (κ1) is 28.3. The minimum absolute atomic E-state index is 0.170. The molecule has 2 atom stereocenters. The number of nitrogens with one attached hydrogen (secondary N) is 4. The van der Waals surface area contributed by atoms with Gasteiger partial charge in [0.15, 0.2) is 0 Å². The molecule has 1 heterocycles. The normalized spacial score (nSPS) is 14.2. The van der Waals surface area contributed by atoms with E-state index in [0.29, 0.717) is 17.3 Å². The van der Waals surface area contributed by atoms with E-state index in [2.05, 4.69) is 26.9 Å². The smallest absolute Gasteiger partial charge is 0.323 e. The van der Waals surface area contributed by atoms with Gasteiger partial charge in [-0.25, -0.2) is 9.93 Å². The summed E-state index contributed by atoms with van der Waals surface area (Å²) < 4.78 is 24.2. The Hall–Kier alpha value is -3.90. The van der Waals surface area contributed by atoms with Gasteiger partial charge in [0.05, 0.1) is 7.11 Å². The van der Waals surface area contributed by atoms with Crippen molar-refractivity contribution in [3.05, 3.63) is 53.8 Å². The molecular weight excluding hydrogens is 471 g/mol. The summed E-state index contributed by atoms with van der Waals surface area (Å²) in [6.45, 7) is 6.83. The molecule has 0 unspecified atom stereocenters. The number of nitrogens with zero attached hydrogens (tertiary/aromatic N) is 1. The number of carboxylic acid groups (broad SMARTS) is 1. The van der Waals surface area contributed by atoms with E-state index in [4.69, 9.17) is 15.2 Å². The van der Waals surface area contributed by atoms with Crippen LogP contribution in [-0.4, -0.2) is 47.8 Å². The Morgan fingerprint density at radius 2 is 1.86 bits per heavy atom. The van der Waals surface area contributed by atoms with Crippen LogP contribution in [0.3, 0.4) is 0 Å². The third kappa shape index (κ3) is 9.04. The summed E-state index contributed by atoms with van der Waals surface area (Å²) in [4.78, 5) is 23.8. The highest BCUT2D eigenvalue weighted by Crippen LogP contribution is 2.30. The Labute approximate surface area is 209 Å². The summed E-state index contributed by atoms with van der Waals surface area (Å²) >= 11 is 0. The fourth-order valence-electron chi connectivity index (χ4n) is 3.15. The summed E-state index contributed by atoms with van der Waals surface area (Å²) in [6.07, 6.45) is 0.170. The number of benzene rings is 2. The summed E-state index contributed by atoms with van der Waals surface area (Å²) in [6, 6.07) is 9.63. The van der Waals surface area contributed by atoms with E-state index in [0.717, 1.165) is 11.1 Å². The molecule has 2 aromatic rings. The van der Waals surface area contributed by atoms with E-state index in [-0.39, 0.29) is 12.2 Å². The van der Waals surface area contributed by atoms with E-state index in [1.807, 2.05) is 0 Å². The molecule has 0 bridgehead atoms. The second kappa shape index (κ2) is 12.7. The summed E-state index contributed by atoms with van der Waals surface area (Å²) in [5.74, 6) is -1.06. The van der Waals surface area contributed by atoms with Gasteiger partial charge < -0.3 is 20.3 Å². The Morgan fingerprint density at radius 1 is 1.19 bits per heavy atom. The first-order valence-electron chi connectivity index (χ1n) is 11.1. The van der Waals surface area contributed by atoms with Crippen LogP contribution < -0.4 is 32.3 Å². The minimum Gasteiger partial charge on any atom is -0.496 e. The Balaban J connectivity index is 0.000000662. The average molecular weight is 505 g/mol. The standard InChI is InChI=1S/C23H28FNO5.CH5N5/c1-14(22(28)30-23(2,3)4)25-19(21(26)27)12-15-6-8-16(9-7-15)18-13-17(24)10-11-20(18)29-5;2-1-3-5-6-4-1/h6-11,13-14,19,25H,12H2,1-5H3,(H,26,27);5-6H,(H3,2,3,4)/t14-,19-;/m0./s1. The monoisotopic (exact) mass is 504 g/mol. The summed E-state index contributed by atoms with van der Waals surface area (Å²) in [7, 11) is 1.51. The zero-order chi connectivity index (χ0) is 26.9. The van der Waals surface area contributed by atoms with Crippen molar-refractivity contribution in [1.29, 1.82) is 0 Å². The Morgan fingerprint density at radius 3 is 2.33 bits per heavy atom. The van der Waals surface area contributed by atoms with Gasteiger partial charge in [0.1, 0.15) is 29.3 Å². The molecule has 0 spiro atoms. The maximum atomic E-state index is 13.6. The molecule has 196 valence electrons. The molecule has 12 heteroatoms. The van der Waals surface area contributed by atoms with Gasteiger partial charge in [-0.15, -0.1) is 10.6 Å². The number of carbonyl (C=O) groups excluding carboxylic acids is 1. The van der Waals surface area contributed by atoms with E-state index in [1.54, 1.807) is 58.0 Å². The number of esters is 1. The third-order valence-electron chi connectivity index (χ3n) is 4.80. The number of carbonyl (C=O) groups is 2. The molecule has 0 saturated carbocycles. The maximum absolute atomic E-state index is 13.6. The van der Waals surface area contributed by atoms with Crippen molar-refractivity contribution < 1.29 is 28.6 Å². The van der Waals surface area contributed by atoms with Gasteiger partial charge in [-0.05, 0) is 63.4 Å². The molecule has 3 rings (SSSR count). The molecule has 1 aliphatic heterocycles. The van der Waals surface area contributed by atoms with E-state index >= 15 is 0 Å². The van der Waals surface area contributed by atoms with Gasteiger partial charge in [-0.3, -0.25) is 20.3 Å². The topological polar surface area (TPSA) is 159 Å². The van der Waals surface area contributed by atoms with Gasteiger partial charge in [0.2, 0.25) is 5.96 Å². The summed E-state index contributed by atoms with van der Waals surface area (Å²) in [5, 5.41) is 15.8. The number of hydrogen-bond donors (Lipinski definition) is 6. The first-order chi connectivity index (χ1) is 16.9. The van der Waals surface area contributed by atoms with Crippen LogP contribution in [0.4, 0.5) is 4.39 Å². The number of aliphatic carboxylic acids is 1. The highest BCUT2D eigenvalue weighted by Gasteiger charge is 2.27. The fraction of sp³-hybridized carbons (Fsp3) is 0.375.